The van der Waals surface area contributed by atoms with Crippen LogP contribution in [0, 0.1) is 0 Å². The molecular formula is C22H21Cl2NO4. The second-order valence-electron chi connectivity index (χ2n) is 7.78. The topological polar surface area (TPSA) is 68.5 Å². The highest BCUT2D eigenvalue weighted by molar-refractivity contribution is 6.35. The Morgan fingerprint density at radius 2 is 1.62 bits per heavy atom. The first-order chi connectivity index (χ1) is 13.5. The molecule has 0 bridgehead atoms. The maximum absolute atomic E-state index is 13.0. The van der Waals surface area contributed by atoms with Gasteiger partial charge in [0.1, 0.15) is 0 Å². The van der Waals surface area contributed by atoms with Gasteiger partial charge in [-0.25, -0.2) is 4.79 Å². The molecule has 7 heteroatoms. The van der Waals surface area contributed by atoms with Gasteiger partial charge in [-0.05, 0) is 56.0 Å². The molecule has 152 valence electrons. The number of rotatable bonds is 4. The molecule has 29 heavy (non-hydrogen) atoms. The van der Waals surface area contributed by atoms with Crippen LogP contribution in [-0.4, -0.2) is 21.2 Å². The zero-order valence-electron chi connectivity index (χ0n) is 16.5. The van der Waals surface area contributed by atoms with Crippen molar-refractivity contribution < 1.29 is 14.6 Å². The number of carbonyl (C=O) groups is 1. The zero-order chi connectivity index (χ0) is 21.5. The van der Waals surface area contributed by atoms with Crippen molar-refractivity contribution in [3.8, 4) is 11.1 Å². The number of carboxylic acid groups (broad SMARTS) is 1. The standard InChI is InChI=1S/C22H21Cl2NO4/c1-22(2,3)29-19(21(27)28)18-17(12-9-13(23)11-14(24)10-12)15-7-5-6-8-16(15)20(26)25(18)4/h5-11,19H,1-4H3,(H,27,28). The Labute approximate surface area is 178 Å². The molecule has 1 aromatic heterocycles. The molecule has 0 amide bonds. The van der Waals surface area contributed by atoms with Gasteiger partial charge in [0.2, 0.25) is 0 Å². The van der Waals surface area contributed by atoms with Gasteiger partial charge < -0.3 is 14.4 Å². The van der Waals surface area contributed by atoms with E-state index in [4.69, 9.17) is 27.9 Å². The van der Waals surface area contributed by atoms with Gasteiger partial charge >= 0.3 is 5.97 Å². The van der Waals surface area contributed by atoms with Gasteiger partial charge in [-0.3, -0.25) is 4.79 Å². The summed E-state index contributed by atoms with van der Waals surface area (Å²) in [6.45, 7) is 5.29. The van der Waals surface area contributed by atoms with Crippen molar-refractivity contribution in [2.75, 3.05) is 0 Å². The Bertz CT molecular complexity index is 1140. The molecular weight excluding hydrogens is 413 g/mol. The molecule has 0 fully saturated rings. The van der Waals surface area contributed by atoms with E-state index in [1.165, 1.54) is 4.57 Å². The summed E-state index contributed by atoms with van der Waals surface area (Å²) >= 11 is 12.4. The number of fused-ring (bicyclic) bond motifs is 1. The summed E-state index contributed by atoms with van der Waals surface area (Å²) in [6.07, 6.45) is -1.37. The number of aromatic nitrogens is 1. The normalized spacial score (nSPS) is 12.9. The number of benzene rings is 2. The van der Waals surface area contributed by atoms with Crippen LogP contribution in [0.3, 0.4) is 0 Å². The third-order valence-electron chi connectivity index (χ3n) is 4.44. The lowest BCUT2D eigenvalue weighted by Crippen LogP contribution is -2.32. The van der Waals surface area contributed by atoms with Crippen LogP contribution in [0.2, 0.25) is 10.0 Å². The first-order valence-electron chi connectivity index (χ1n) is 8.98. The molecule has 1 N–H and O–H groups in total. The van der Waals surface area contributed by atoms with Crippen molar-refractivity contribution in [3.63, 3.8) is 0 Å². The summed E-state index contributed by atoms with van der Waals surface area (Å²) in [6, 6.07) is 12.0. The molecule has 1 heterocycles. The summed E-state index contributed by atoms with van der Waals surface area (Å²) in [4.78, 5) is 25.2. The molecule has 2 aromatic carbocycles. The van der Waals surface area contributed by atoms with Crippen molar-refractivity contribution in [3.05, 3.63) is 68.6 Å². The van der Waals surface area contributed by atoms with Crippen molar-refractivity contribution in [1.82, 2.24) is 4.57 Å². The second kappa shape index (κ2) is 7.82. The Hall–Kier alpha value is -2.34. The van der Waals surface area contributed by atoms with Gasteiger partial charge in [-0.15, -0.1) is 0 Å². The van der Waals surface area contributed by atoms with Crippen molar-refractivity contribution >= 4 is 39.9 Å². The van der Waals surface area contributed by atoms with E-state index in [0.29, 0.717) is 31.9 Å². The maximum Gasteiger partial charge on any atom is 0.339 e. The van der Waals surface area contributed by atoms with Crippen molar-refractivity contribution in [2.24, 2.45) is 7.05 Å². The van der Waals surface area contributed by atoms with E-state index in [-0.39, 0.29) is 11.3 Å². The monoisotopic (exact) mass is 433 g/mol. The highest BCUT2D eigenvalue weighted by atomic mass is 35.5. The fourth-order valence-electron chi connectivity index (χ4n) is 3.37. The number of aliphatic carboxylic acids is 1. The van der Waals surface area contributed by atoms with Crippen molar-refractivity contribution in [1.29, 1.82) is 0 Å². The van der Waals surface area contributed by atoms with Crippen LogP contribution in [0.4, 0.5) is 0 Å². The highest BCUT2D eigenvalue weighted by Crippen LogP contribution is 2.38. The average Bonchev–Trinajstić information content (AvgIpc) is 2.61. The number of ether oxygens (including phenoxy) is 1. The summed E-state index contributed by atoms with van der Waals surface area (Å²) in [5.74, 6) is -1.19. The molecule has 0 aliphatic carbocycles. The van der Waals surface area contributed by atoms with E-state index in [1.54, 1.807) is 70.3 Å². The quantitative estimate of drug-likeness (QED) is 0.593. The Morgan fingerprint density at radius 1 is 1.07 bits per heavy atom. The van der Waals surface area contributed by atoms with Gasteiger partial charge in [0.25, 0.3) is 5.56 Å². The Balaban J connectivity index is 2.50. The Kier molecular flexibility index (Phi) is 5.77. The molecule has 0 saturated carbocycles. The summed E-state index contributed by atoms with van der Waals surface area (Å²) < 4.78 is 7.20. The lowest BCUT2D eigenvalue weighted by Gasteiger charge is -2.28. The summed E-state index contributed by atoms with van der Waals surface area (Å²) in [5.41, 5.74) is 0.316. The Morgan fingerprint density at radius 3 is 2.14 bits per heavy atom. The van der Waals surface area contributed by atoms with Crippen LogP contribution in [0.5, 0.6) is 0 Å². The second-order valence-corrected chi connectivity index (χ2v) is 8.65. The average molecular weight is 434 g/mol. The molecule has 3 aromatic rings. The van der Waals surface area contributed by atoms with Gasteiger partial charge in [0.15, 0.2) is 6.10 Å². The zero-order valence-corrected chi connectivity index (χ0v) is 18.0. The minimum absolute atomic E-state index is 0.231. The van der Waals surface area contributed by atoms with E-state index in [9.17, 15) is 14.7 Å². The molecule has 1 unspecified atom stereocenters. The lowest BCUT2D eigenvalue weighted by molar-refractivity contribution is -0.161. The number of hydrogen-bond acceptors (Lipinski definition) is 3. The van der Waals surface area contributed by atoms with Crippen LogP contribution < -0.4 is 5.56 Å². The molecule has 0 aliphatic heterocycles. The first-order valence-corrected chi connectivity index (χ1v) is 9.74. The number of nitrogens with zero attached hydrogens (tertiary/aromatic N) is 1. The molecule has 3 rings (SSSR count). The summed E-state index contributed by atoms with van der Waals surface area (Å²) in [5, 5.41) is 11.8. The van der Waals surface area contributed by atoms with E-state index in [2.05, 4.69) is 0 Å². The minimum Gasteiger partial charge on any atom is -0.479 e. The number of hydrogen-bond donors (Lipinski definition) is 1. The number of halogens is 2. The van der Waals surface area contributed by atoms with E-state index in [0.717, 1.165) is 0 Å². The van der Waals surface area contributed by atoms with Gasteiger partial charge in [0, 0.05) is 28.0 Å². The molecule has 0 radical (unpaired) electrons. The largest absolute Gasteiger partial charge is 0.479 e. The first kappa shape index (κ1) is 21.4. The van der Waals surface area contributed by atoms with E-state index in [1.807, 2.05) is 0 Å². The van der Waals surface area contributed by atoms with Gasteiger partial charge in [-0.2, -0.15) is 0 Å². The van der Waals surface area contributed by atoms with Crippen LogP contribution in [-0.2, 0) is 16.6 Å². The van der Waals surface area contributed by atoms with Gasteiger partial charge in [-0.1, -0.05) is 41.4 Å². The minimum atomic E-state index is -1.37. The van der Waals surface area contributed by atoms with E-state index < -0.39 is 17.7 Å². The van der Waals surface area contributed by atoms with E-state index >= 15 is 0 Å². The highest BCUT2D eigenvalue weighted by Gasteiger charge is 2.33. The molecule has 5 nitrogen and oxygen atoms in total. The maximum atomic E-state index is 13.0. The van der Waals surface area contributed by atoms with Crippen molar-refractivity contribution in [2.45, 2.75) is 32.5 Å². The lowest BCUT2D eigenvalue weighted by atomic mass is 9.94. The third kappa shape index (κ3) is 4.32. The summed E-state index contributed by atoms with van der Waals surface area (Å²) in [7, 11) is 1.54. The van der Waals surface area contributed by atoms with Crippen LogP contribution in [0.1, 0.15) is 32.6 Å². The van der Waals surface area contributed by atoms with Crippen LogP contribution >= 0.6 is 23.2 Å². The predicted molar refractivity (Wildman–Crippen MR) is 116 cm³/mol. The smallest absolute Gasteiger partial charge is 0.339 e. The SMILES string of the molecule is Cn1c(C(OC(C)(C)C)C(=O)O)c(-c2cc(Cl)cc(Cl)c2)c2ccccc2c1=O. The van der Waals surface area contributed by atoms with Crippen LogP contribution in [0.15, 0.2) is 47.3 Å². The van der Waals surface area contributed by atoms with Gasteiger partial charge in [0.05, 0.1) is 11.3 Å². The predicted octanol–water partition coefficient (Wildman–Crippen LogP) is 5.45. The molecule has 1 atom stereocenters. The molecule has 0 aliphatic rings. The fourth-order valence-corrected chi connectivity index (χ4v) is 3.89. The third-order valence-corrected chi connectivity index (χ3v) is 4.88. The number of carboxylic acids is 1. The molecule has 0 saturated heterocycles. The molecule has 0 spiro atoms. The van der Waals surface area contributed by atoms with Crippen LogP contribution in [0.25, 0.3) is 21.9 Å². The number of pyridine rings is 1. The fraction of sp³-hybridized carbons (Fsp3) is 0.273.